The fourth-order valence-electron chi connectivity index (χ4n) is 3.60. The Kier molecular flexibility index (Phi) is 2.89. The normalized spacial score (nSPS) is 44.6. The van der Waals surface area contributed by atoms with Crippen molar-refractivity contribution in [2.24, 2.45) is 17.8 Å². The van der Waals surface area contributed by atoms with Crippen LogP contribution in [0.1, 0.15) is 39.5 Å². The van der Waals surface area contributed by atoms with Gasteiger partial charge >= 0.3 is 0 Å². The van der Waals surface area contributed by atoms with Crippen molar-refractivity contribution >= 4 is 5.91 Å². The zero-order chi connectivity index (χ0) is 12.0. The summed E-state index contributed by atoms with van der Waals surface area (Å²) in [4.78, 5) is 14.7. The van der Waals surface area contributed by atoms with Crippen LogP contribution in [0.2, 0.25) is 0 Å². The topological polar surface area (TPSA) is 29.5 Å². The Balaban J connectivity index is 1.65. The summed E-state index contributed by atoms with van der Waals surface area (Å²) in [6, 6.07) is 0.315. The van der Waals surface area contributed by atoms with Crippen LogP contribution in [-0.2, 0) is 9.53 Å². The first-order valence-electron chi connectivity index (χ1n) is 7.11. The third-order valence-corrected chi connectivity index (χ3v) is 4.81. The van der Waals surface area contributed by atoms with Crippen LogP contribution in [0, 0.1) is 17.8 Å². The van der Waals surface area contributed by atoms with Gasteiger partial charge in [0, 0.05) is 12.5 Å². The molecule has 3 rings (SSSR count). The molecule has 0 aromatic rings. The molecule has 2 aliphatic carbocycles. The van der Waals surface area contributed by atoms with E-state index in [1.54, 1.807) is 0 Å². The Morgan fingerprint density at radius 2 is 2.00 bits per heavy atom. The van der Waals surface area contributed by atoms with Gasteiger partial charge in [-0.15, -0.1) is 0 Å². The van der Waals surface area contributed by atoms with E-state index in [9.17, 15) is 4.79 Å². The van der Waals surface area contributed by atoms with E-state index in [4.69, 9.17) is 4.74 Å². The van der Waals surface area contributed by atoms with Crippen molar-refractivity contribution in [1.29, 1.82) is 0 Å². The lowest BCUT2D eigenvalue weighted by atomic mass is 9.99. The average Bonchev–Trinajstić information content (AvgIpc) is 2.95. The monoisotopic (exact) mass is 237 g/mol. The van der Waals surface area contributed by atoms with Crippen LogP contribution in [0.3, 0.4) is 0 Å². The van der Waals surface area contributed by atoms with Gasteiger partial charge in [-0.05, 0) is 44.4 Å². The van der Waals surface area contributed by atoms with E-state index in [1.165, 1.54) is 6.42 Å². The van der Waals surface area contributed by atoms with Crippen LogP contribution in [0.15, 0.2) is 0 Å². The van der Waals surface area contributed by atoms with Crippen LogP contribution < -0.4 is 0 Å². The third kappa shape index (κ3) is 2.10. The third-order valence-electron chi connectivity index (χ3n) is 4.81. The highest BCUT2D eigenvalue weighted by atomic mass is 16.5. The van der Waals surface area contributed by atoms with Gasteiger partial charge in [-0.3, -0.25) is 4.79 Å². The number of carbonyl (C=O) groups excluding carboxylic acids is 1. The molecule has 0 aromatic heterocycles. The van der Waals surface area contributed by atoms with Crippen LogP contribution in [0.25, 0.3) is 0 Å². The first-order valence-corrected chi connectivity index (χ1v) is 7.11. The maximum atomic E-state index is 12.6. The molecule has 3 heteroatoms. The van der Waals surface area contributed by atoms with Gasteiger partial charge in [0.05, 0.1) is 18.8 Å². The lowest BCUT2D eigenvalue weighted by molar-refractivity contribution is -0.148. The summed E-state index contributed by atoms with van der Waals surface area (Å²) in [5.74, 6) is 2.53. The number of fused-ring (bicyclic) bond motifs is 1. The molecule has 1 aliphatic heterocycles. The lowest BCUT2D eigenvalue weighted by Gasteiger charge is -2.39. The van der Waals surface area contributed by atoms with Gasteiger partial charge in [0.15, 0.2) is 0 Å². The standard InChI is InChI=1S/C14H23NO2/c1-3-13-8-17-9(2)7-15(13)14(16)12-5-10-4-11(10)6-12/h9-13H,3-8H2,1-2H3. The van der Waals surface area contributed by atoms with Crippen molar-refractivity contribution < 1.29 is 9.53 Å². The van der Waals surface area contributed by atoms with E-state index in [-0.39, 0.29) is 6.10 Å². The molecule has 0 aromatic carbocycles. The Hall–Kier alpha value is -0.570. The molecule has 0 N–H and O–H groups in total. The SMILES string of the molecule is CCC1COC(C)CN1C(=O)C1CC2CC2C1. The first-order chi connectivity index (χ1) is 8.19. The van der Waals surface area contributed by atoms with Gasteiger partial charge in [-0.1, -0.05) is 6.92 Å². The van der Waals surface area contributed by atoms with Crippen molar-refractivity contribution in [2.45, 2.75) is 51.7 Å². The second-order valence-electron chi connectivity index (χ2n) is 6.12. The predicted molar refractivity (Wildman–Crippen MR) is 65.5 cm³/mol. The minimum Gasteiger partial charge on any atom is -0.375 e. The lowest BCUT2D eigenvalue weighted by Crippen LogP contribution is -2.52. The van der Waals surface area contributed by atoms with E-state index in [1.807, 2.05) is 0 Å². The largest absolute Gasteiger partial charge is 0.375 e. The van der Waals surface area contributed by atoms with Crippen molar-refractivity contribution in [2.75, 3.05) is 13.2 Å². The van der Waals surface area contributed by atoms with Gasteiger partial charge in [0.1, 0.15) is 0 Å². The van der Waals surface area contributed by atoms with Crippen molar-refractivity contribution in [3.8, 4) is 0 Å². The minimum atomic E-state index is 0.206. The number of ether oxygens (including phenoxy) is 1. The highest BCUT2D eigenvalue weighted by Crippen LogP contribution is 2.54. The summed E-state index contributed by atoms with van der Waals surface area (Å²) in [6.07, 6.45) is 4.92. The molecule has 2 saturated carbocycles. The molecule has 0 radical (unpaired) electrons. The molecule has 4 atom stereocenters. The molecule has 4 unspecified atom stereocenters. The van der Waals surface area contributed by atoms with E-state index < -0.39 is 0 Å². The number of hydrogen-bond donors (Lipinski definition) is 0. The smallest absolute Gasteiger partial charge is 0.226 e. The maximum absolute atomic E-state index is 12.6. The number of hydrogen-bond acceptors (Lipinski definition) is 2. The molecule has 3 nitrogen and oxygen atoms in total. The van der Waals surface area contributed by atoms with Gasteiger partial charge in [0.25, 0.3) is 0 Å². The van der Waals surface area contributed by atoms with E-state index >= 15 is 0 Å². The van der Waals surface area contributed by atoms with E-state index in [0.717, 1.165) is 44.2 Å². The van der Waals surface area contributed by atoms with E-state index in [2.05, 4.69) is 18.7 Å². The van der Waals surface area contributed by atoms with Crippen molar-refractivity contribution in [3.63, 3.8) is 0 Å². The maximum Gasteiger partial charge on any atom is 0.226 e. The summed E-state index contributed by atoms with van der Waals surface area (Å²) >= 11 is 0. The molecule has 96 valence electrons. The Labute approximate surface area is 104 Å². The molecule has 17 heavy (non-hydrogen) atoms. The number of amides is 1. The van der Waals surface area contributed by atoms with Crippen LogP contribution in [0.4, 0.5) is 0 Å². The van der Waals surface area contributed by atoms with Gasteiger partial charge in [0.2, 0.25) is 5.91 Å². The number of morpholine rings is 1. The fourth-order valence-corrected chi connectivity index (χ4v) is 3.60. The van der Waals surface area contributed by atoms with Gasteiger partial charge < -0.3 is 9.64 Å². The first kappa shape index (κ1) is 11.5. The Morgan fingerprint density at radius 3 is 2.65 bits per heavy atom. The summed E-state index contributed by atoms with van der Waals surface area (Å²) in [5, 5.41) is 0. The summed E-state index contributed by atoms with van der Waals surface area (Å²) in [6.45, 7) is 5.74. The number of nitrogens with zero attached hydrogens (tertiary/aromatic N) is 1. The summed E-state index contributed by atoms with van der Waals surface area (Å²) in [5.41, 5.74) is 0. The molecule has 3 fully saturated rings. The van der Waals surface area contributed by atoms with Crippen molar-refractivity contribution in [1.82, 2.24) is 4.90 Å². The van der Waals surface area contributed by atoms with Gasteiger partial charge in [-0.25, -0.2) is 0 Å². The molecular formula is C14H23NO2. The fraction of sp³-hybridized carbons (Fsp3) is 0.929. The molecule has 1 heterocycles. The van der Waals surface area contributed by atoms with Crippen LogP contribution in [0.5, 0.6) is 0 Å². The van der Waals surface area contributed by atoms with Gasteiger partial charge in [-0.2, -0.15) is 0 Å². The van der Waals surface area contributed by atoms with Crippen molar-refractivity contribution in [3.05, 3.63) is 0 Å². The Morgan fingerprint density at radius 1 is 1.29 bits per heavy atom. The minimum absolute atomic E-state index is 0.206. The summed E-state index contributed by atoms with van der Waals surface area (Å²) < 4.78 is 5.66. The highest BCUT2D eigenvalue weighted by molar-refractivity contribution is 5.80. The molecule has 1 amide bonds. The zero-order valence-corrected chi connectivity index (χ0v) is 10.9. The highest BCUT2D eigenvalue weighted by Gasteiger charge is 2.49. The second-order valence-corrected chi connectivity index (χ2v) is 6.12. The predicted octanol–water partition coefficient (Wildman–Crippen LogP) is 2.06. The number of rotatable bonds is 2. The molecule has 3 aliphatic rings. The molecular weight excluding hydrogens is 214 g/mol. The van der Waals surface area contributed by atoms with E-state index in [0.29, 0.717) is 17.9 Å². The number of carbonyl (C=O) groups is 1. The zero-order valence-electron chi connectivity index (χ0n) is 10.9. The quantitative estimate of drug-likeness (QED) is 0.735. The van der Waals surface area contributed by atoms with Crippen LogP contribution in [-0.4, -0.2) is 36.1 Å². The summed E-state index contributed by atoms with van der Waals surface area (Å²) in [7, 11) is 0. The molecule has 1 saturated heterocycles. The van der Waals surface area contributed by atoms with Crippen LogP contribution >= 0.6 is 0 Å². The second kappa shape index (κ2) is 4.27. The average molecular weight is 237 g/mol. The Bertz CT molecular complexity index is 307. The molecule has 0 spiro atoms. The molecule has 0 bridgehead atoms.